The first kappa shape index (κ1) is 22.8. The van der Waals surface area contributed by atoms with E-state index < -0.39 is 17.6 Å². The van der Waals surface area contributed by atoms with Crippen LogP contribution in [-0.2, 0) is 17.5 Å². The van der Waals surface area contributed by atoms with Gasteiger partial charge >= 0.3 is 6.18 Å². The van der Waals surface area contributed by atoms with Gasteiger partial charge in [0.15, 0.2) is 5.76 Å². The Kier molecular flexibility index (Phi) is 7.70. The number of alkyl halides is 3. The lowest BCUT2D eigenvalue weighted by Gasteiger charge is -2.18. The number of benzene rings is 2. The third-order valence-electron chi connectivity index (χ3n) is 4.26. The van der Waals surface area contributed by atoms with Gasteiger partial charge in [-0.2, -0.15) is 13.2 Å². The molecule has 1 amide bonds. The van der Waals surface area contributed by atoms with Gasteiger partial charge in [-0.05, 0) is 49.0 Å². The third kappa shape index (κ3) is 6.51. The number of carbonyl (C=O) groups excluding carboxylic acids is 1. The van der Waals surface area contributed by atoms with Crippen molar-refractivity contribution in [2.24, 2.45) is 0 Å². The van der Waals surface area contributed by atoms with Gasteiger partial charge in [-0.15, -0.1) is 0 Å². The molecule has 0 radical (unpaired) electrons. The van der Waals surface area contributed by atoms with Gasteiger partial charge in [-0.1, -0.05) is 44.2 Å². The van der Waals surface area contributed by atoms with E-state index in [1.54, 1.807) is 12.1 Å². The zero-order chi connectivity index (χ0) is 21.6. The molecule has 8 heteroatoms. The van der Waals surface area contributed by atoms with Crippen LogP contribution in [0.3, 0.4) is 0 Å². The minimum atomic E-state index is -4.52. The zero-order valence-electron chi connectivity index (χ0n) is 16.1. The summed E-state index contributed by atoms with van der Waals surface area (Å²) in [6.45, 7) is 10.4. The summed E-state index contributed by atoms with van der Waals surface area (Å²) in [5.41, 5.74) is 0.745. The lowest BCUT2D eigenvalue weighted by atomic mass is 10.2. The van der Waals surface area contributed by atoms with Crippen LogP contribution >= 0.6 is 11.6 Å². The van der Waals surface area contributed by atoms with Crippen LogP contribution in [0, 0.1) is 0 Å². The maximum Gasteiger partial charge on any atom is 0.416 e. The predicted molar refractivity (Wildman–Crippen MR) is 108 cm³/mol. The summed E-state index contributed by atoms with van der Waals surface area (Å²) in [4.78, 5) is 14.5. The Morgan fingerprint density at radius 1 is 1.14 bits per heavy atom. The maximum atomic E-state index is 12.7. The molecule has 0 saturated heterocycles. The average molecular weight is 427 g/mol. The molecule has 2 aromatic rings. The number of nitrogens with one attached hydrogen (secondary N) is 1. The van der Waals surface area contributed by atoms with E-state index in [0.29, 0.717) is 5.69 Å². The first-order chi connectivity index (χ1) is 13.6. The van der Waals surface area contributed by atoms with Crippen molar-refractivity contribution in [2.45, 2.75) is 26.6 Å². The van der Waals surface area contributed by atoms with Gasteiger partial charge in [0, 0.05) is 12.2 Å². The van der Waals surface area contributed by atoms with Crippen LogP contribution in [0.2, 0.25) is 5.02 Å². The molecule has 0 aliphatic rings. The van der Waals surface area contributed by atoms with E-state index in [2.05, 4.69) is 30.6 Å². The van der Waals surface area contributed by atoms with Crippen LogP contribution in [-0.4, -0.2) is 23.9 Å². The van der Waals surface area contributed by atoms with E-state index in [-0.39, 0.29) is 16.5 Å². The summed E-state index contributed by atoms with van der Waals surface area (Å²) in [7, 11) is 0. The Morgan fingerprint density at radius 3 is 2.28 bits per heavy atom. The number of hydrogen-bond donors (Lipinski definition) is 1. The van der Waals surface area contributed by atoms with Crippen molar-refractivity contribution < 1.29 is 22.7 Å². The molecule has 2 rings (SSSR count). The quantitative estimate of drug-likeness (QED) is 0.433. The fourth-order valence-electron chi connectivity index (χ4n) is 2.54. The molecule has 2 aromatic carbocycles. The van der Waals surface area contributed by atoms with Crippen molar-refractivity contribution in [1.29, 1.82) is 0 Å². The van der Waals surface area contributed by atoms with Crippen molar-refractivity contribution in [2.75, 3.05) is 18.4 Å². The fourth-order valence-corrected chi connectivity index (χ4v) is 2.76. The zero-order valence-corrected chi connectivity index (χ0v) is 16.9. The summed E-state index contributed by atoms with van der Waals surface area (Å²) < 4.78 is 43.3. The number of ether oxygens (including phenoxy) is 1. The monoisotopic (exact) mass is 426 g/mol. The van der Waals surface area contributed by atoms with Gasteiger partial charge in [0.05, 0.1) is 10.6 Å². The SMILES string of the molecule is C=C(Oc1ccc(C(F)(F)F)cc1Cl)C(=O)Nc1ccc(CN(CC)CC)cc1. The molecule has 0 unspecified atom stereocenters. The summed E-state index contributed by atoms with van der Waals surface area (Å²) in [5.74, 6) is -1.01. The number of hydrogen-bond acceptors (Lipinski definition) is 3. The van der Waals surface area contributed by atoms with E-state index in [9.17, 15) is 18.0 Å². The van der Waals surface area contributed by atoms with Crippen LogP contribution in [0.15, 0.2) is 54.8 Å². The van der Waals surface area contributed by atoms with Crippen molar-refractivity contribution >= 4 is 23.2 Å². The van der Waals surface area contributed by atoms with Crippen molar-refractivity contribution in [3.8, 4) is 5.75 Å². The molecule has 0 bridgehead atoms. The summed E-state index contributed by atoms with van der Waals surface area (Å²) in [5, 5.41) is 2.36. The molecule has 0 spiro atoms. The molecule has 1 N–H and O–H groups in total. The highest BCUT2D eigenvalue weighted by Gasteiger charge is 2.31. The van der Waals surface area contributed by atoms with Crippen LogP contribution in [0.1, 0.15) is 25.0 Å². The minimum Gasteiger partial charge on any atom is -0.451 e. The summed E-state index contributed by atoms with van der Waals surface area (Å²) in [6.07, 6.45) is -4.52. The molecule has 156 valence electrons. The van der Waals surface area contributed by atoms with E-state index in [0.717, 1.165) is 43.4 Å². The van der Waals surface area contributed by atoms with E-state index in [1.807, 2.05) is 12.1 Å². The van der Waals surface area contributed by atoms with E-state index >= 15 is 0 Å². The van der Waals surface area contributed by atoms with Gasteiger partial charge < -0.3 is 10.1 Å². The van der Waals surface area contributed by atoms with Gasteiger partial charge in [0.25, 0.3) is 5.91 Å². The smallest absolute Gasteiger partial charge is 0.416 e. The highest BCUT2D eigenvalue weighted by atomic mass is 35.5. The Morgan fingerprint density at radius 2 is 1.76 bits per heavy atom. The van der Waals surface area contributed by atoms with Crippen LogP contribution in [0.25, 0.3) is 0 Å². The average Bonchev–Trinajstić information content (AvgIpc) is 2.68. The Labute approximate surface area is 172 Å². The number of carbonyl (C=O) groups is 1. The Hall–Kier alpha value is -2.51. The molecule has 0 fully saturated rings. The molecule has 4 nitrogen and oxygen atoms in total. The fraction of sp³-hybridized carbons (Fsp3) is 0.286. The number of amides is 1. The van der Waals surface area contributed by atoms with E-state index in [4.69, 9.17) is 16.3 Å². The first-order valence-electron chi connectivity index (χ1n) is 9.00. The van der Waals surface area contributed by atoms with Crippen molar-refractivity contribution in [3.63, 3.8) is 0 Å². The van der Waals surface area contributed by atoms with Crippen molar-refractivity contribution in [1.82, 2.24) is 4.90 Å². The van der Waals surface area contributed by atoms with Crippen LogP contribution in [0.5, 0.6) is 5.75 Å². The number of nitrogens with zero attached hydrogens (tertiary/aromatic N) is 1. The second kappa shape index (κ2) is 9.80. The second-order valence-corrected chi connectivity index (χ2v) is 6.69. The molecular weight excluding hydrogens is 405 g/mol. The van der Waals surface area contributed by atoms with E-state index in [1.165, 1.54) is 0 Å². The summed E-state index contributed by atoms with van der Waals surface area (Å²) >= 11 is 5.83. The number of rotatable bonds is 8. The first-order valence-corrected chi connectivity index (χ1v) is 9.38. The standard InChI is InChI=1S/C21H22ClF3N2O2/c1-4-27(5-2)13-15-6-9-17(10-7-15)26-20(28)14(3)29-19-11-8-16(12-18(19)22)21(23,24)25/h6-12H,3-5,13H2,1-2H3,(H,26,28). The van der Waals surface area contributed by atoms with Gasteiger partial charge in [0.1, 0.15) is 5.75 Å². The van der Waals surface area contributed by atoms with Gasteiger partial charge in [-0.3, -0.25) is 9.69 Å². The predicted octanol–water partition coefficient (Wildman–Crippen LogP) is 5.73. The van der Waals surface area contributed by atoms with Gasteiger partial charge in [0.2, 0.25) is 0 Å². The molecule has 0 aromatic heterocycles. The maximum absolute atomic E-state index is 12.7. The topological polar surface area (TPSA) is 41.6 Å². The van der Waals surface area contributed by atoms with Gasteiger partial charge in [-0.25, -0.2) is 0 Å². The molecule has 0 aliphatic carbocycles. The molecular formula is C21H22ClF3N2O2. The second-order valence-electron chi connectivity index (χ2n) is 6.28. The largest absolute Gasteiger partial charge is 0.451 e. The minimum absolute atomic E-state index is 0.0885. The van der Waals surface area contributed by atoms with Crippen molar-refractivity contribution in [3.05, 3.63) is 71.0 Å². The Balaban J connectivity index is 1.98. The highest BCUT2D eigenvalue weighted by molar-refractivity contribution is 6.32. The third-order valence-corrected chi connectivity index (χ3v) is 4.55. The molecule has 0 atom stereocenters. The normalized spacial score (nSPS) is 11.4. The highest BCUT2D eigenvalue weighted by Crippen LogP contribution is 2.35. The molecule has 29 heavy (non-hydrogen) atoms. The molecule has 0 saturated carbocycles. The van der Waals surface area contributed by atoms with Crippen LogP contribution in [0.4, 0.5) is 18.9 Å². The lowest BCUT2D eigenvalue weighted by molar-refractivity contribution is -0.137. The number of halogens is 4. The van der Waals surface area contributed by atoms with Crippen LogP contribution < -0.4 is 10.1 Å². The Bertz CT molecular complexity index is 863. The number of anilines is 1. The molecule has 0 heterocycles. The lowest BCUT2D eigenvalue weighted by Crippen LogP contribution is -2.22. The molecule has 0 aliphatic heterocycles. The summed E-state index contributed by atoms with van der Waals surface area (Å²) in [6, 6.07) is 9.93.